The van der Waals surface area contributed by atoms with Crippen LogP contribution in [0.3, 0.4) is 0 Å². The molecular weight excluding hydrogens is 344 g/mol. The molecule has 4 heterocycles. The van der Waals surface area contributed by atoms with E-state index in [0.29, 0.717) is 12.1 Å². The number of hydrogen-bond donors (Lipinski definition) is 2. The maximum absolute atomic E-state index is 4.51. The topological polar surface area (TPSA) is 39.7 Å². The van der Waals surface area contributed by atoms with Crippen molar-refractivity contribution in [2.75, 3.05) is 26.2 Å². The summed E-state index contributed by atoms with van der Waals surface area (Å²) in [6, 6.07) is 1.48. The number of nitrogens with one attached hydrogen (secondary N) is 2. The van der Waals surface area contributed by atoms with Crippen molar-refractivity contribution in [3.05, 3.63) is 23.8 Å². The zero-order chi connectivity index (χ0) is 19.1. The van der Waals surface area contributed by atoms with Crippen LogP contribution in [0.15, 0.2) is 28.8 Å². The van der Waals surface area contributed by atoms with Gasteiger partial charge in [-0.2, -0.15) is 0 Å². The molecule has 5 rings (SSSR count). The summed E-state index contributed by atoms with van der Waals surface area (Å²) in [4.78, 5) is 7.33. The van der Waals surface area contributed by atoms with Crippen LogP contribution in [0.25, 0.3) is 0 Å². The SMILES string of the molecule is C=CC1=C(C)CC(C2NCCCC2C2CC3CNC(C4C=NCC4)N3C2)CC1. The molecule has 0 bridgehead atoms. The first-order valence-corrected chi connectivity index (χ1v) is 11.8. The van der Waals surface area contributed by atoms with E-state index >= 15 is 0 Å². The second-order valence-corrected chi connectivity index (χ2v) is 10.0. The number of piperidine rings is 1. The fraction of sp³-hybridized carbons (Fsp3) is 0.792. The molecule has 0 radical (unpaired) electrons. The third kappa shape index (κ3) is 3.42. The smallest absolute Gasteiger partial charge is 0.0680 e. The Bertz CT molecular complexity index is 653. The Morgan fingerprint density at radius 1 is 1.21 bits per heavy atom. The van der Waals surface area contributed by atoms with Gasteiger partial charge in [0.1, 0.15) is 0 Å². The lowest BCUT2D eigenvalue weighted by Gasteiger charge is -2.43. The Kier molecular flexibility index (Phi) is 5.46. The van der Waals surface area contributed by atoms with E-state index in [1.165, 1.54) is 70.2 Å². The van der Waals surface area contributed by atoms with Gasteiger partial charge in [-0.25, -0.2) is 0 Å². The van der Waals surface area contributed by atoms with Gasteiger partial charge in [0.05, 0.1) is 6.17 Å². The lowest BCUT2D eigenvalue weighted by molar-refractivity contribution is 0.128. The highest BCUT2D eigenvalue weighted by atomic mass is 15.4. The summed E-state index contributed by atoms with van der Waals surface area (Å²) in [6.45, 7) is 11.1. The van der Waals surface area contributed by atoms with Gasteiger partial charge in [-0.3, -0.25) is 15.2 Å². The van der Waals surface area contributed by atoms with E-state index in [9.17, 15) is 0 Å². The van der Waals surface area contributed by atoms with Gasteiger partial charge in [0.2, 0.25) is 0 Å². The molecule has 7 unspecified atom stereocenters. The van der Waals surface area contributed by atoms with E-state index < -0.39 is 0 Å². The van der Waals surface area contributed by atoms with Crippen molar-refractivity contribution in [1.82, 2.24) is 15.5 Å². The Hall–Kier alpha value is -0.970. The molecule has 0 aromatic carbocycles. The van der Waals surface area contributed by atoms with Crippen LogP contribution in [0.5, 0.6) is 0 Å². The molecular formula is C24H38N4. The number of fused-ring (bicyclic) bond motifs is 1. The maximum atomic E-state index is 4.51. The van der Waals surface area contributed by atoms with E-state index in [-0.39, 0.29) is 0 Å². The molecule has 0 aromatic rings. The van der Waals surface area contributed by atoms with Crippen molar-refractivity contribution in [2.45, 2.75) is 70.1 Å². The molecule has 5 aliphatic rings. The Balaban J connectivity index is 1.28. The van der Waals surface area contributed by atoms with E-state index in [1.54, 1.807) is 5.57 Å². The zero-order valence-corrected chi connectivity index (χ0v) is 17.6. The molecule has 1 aliphatic carbocycles. The van der Waals surface area contributed by atoms with E-state index in [1.807, 2.05) is 0 Å². The molecule has 154 valence electrons. The highest BCUT2D eigenvalue weighted by Gasteiger charge is 2.48. The molecule has 4 nitrogen and oxygen atoms in total. The van der Waals surface area contributed by atoms with E-state index in [4.69, 9.17) is 0 Å². The Morgan fingerprint density at radius 2 is 2.14 bits per heavy atom. The van der Waals surface area contributed by atoms with Gasteiger partial charge >= 0.3 is 0 Å². The van der Waals surface area contributed by atoms with E-state index in [2.05, 4.69) is 46.3 Å². The molecule has 28 heavy (non-hydrogen) atoms. The van der Waals surface area contributed by atoms with Crippen molar-refractivity contribution in [3.8, 4) is 0 Å². The van der Waals surface area contributed by atoms with Crippen LogP contribution in [0.2, 0.25) is 0 Å². The van der Waals surface area contributed by atoms with Crippen LogP contribution in [0.1, 0.15) is 51.9 Å². The minimum Gasteiger partial charge on any atom is -0.313 e. The van der Waals surface area contributed by atoms with Gasteiger partial charge in [0, 0.05) is 43.9 Å². The second-order valence-electron chi connectivity index (χ2n) is 10.0. The normalized spacial score (nSPS) is 44.2. The summed E-state index contributed by atoms with van der Waals surface area (Å²) in [5, 5.41) is 7.82. The predicted octanol–water partition coefficient (Wildman–Crippen LogP) is 3.37. The Morgan fingerprint density at radius 3 is 2.93 bits per heavy atom. The van der Waals surface area contributed by atoms with E-state index in [0.717, 1.165) is 36.4 Å². The standard InChI is InChI=1S/C24H38N4/c1-3-17-6-7-18(11-16(17)2)23-22(5-4-9-26-23)20-12-21-14-27-24(28(21)15-20)19-8-10-25-13-19/h3,13,18-24,26-27H,1,4-12,14-15H2,2H3. The molecule has 3 fully saturated rings. The third-order valence-corrected chi connectivity index (χ3v) is 8.52. The van der Waals surface area contributed by atoms with Crippen LogP contribution in [-0.2, 0) is 0 Å². The zero-order valence-electron chi connectivity index (χ0n) is 17.6. The van der Waals surface area contributed by atoms with Gasteiger partial charge in [0.15, 0.2) is 0 Å². The first-order chi connectivity index (χ1) is 13.7. The van der Waals surface area contributed by atoms with Gasteiger partial charge in [-0.05, 0) is 81.7 Å². The number of allylic oxidation sites excluding steroid dienone is 3. The van der Waals surface area contributed by atoms with Gasteiger partial charge in [-0.15, -0.1) is 0 Å². The summed E-state index contributed by atoms with van der Waals surface area (Å²) in [7, 11) is 0. The van der Waals surface area contributed by atoms with Crippen LogP contribution < -0.4 is 10.6 Å². The molecule has 4 aliphatic heterocycles. The minimum absolute atomic E-state index is 0.547. The predicted molar refractivity (Wildman–Crippen MR) is 117 cm³/mol. The van der Waals surface area contributed by atoms with Gasteiger partial charge in [-0.1, -0.05) is 18.2 Å². The lowest BCUT2D eigenvalue weighted by atomic mass is 9.70. The van der Waals surface area contributed by atoms with Crippen LogP contribution in [0, 0.1) is 23.7 Å². The molecule has 3 saturated heterocycles. The largest absolute Gasteiger partial charge is 0.313 e. The summed E-state index contributed by atoms with van der Waals surface area (Å²) in [5.74, 6) is 3.18. The molecule has 4 heteroatoms. The minimum atomic E-state index is 0.547. The summed E-state index contributed by atoms with van der Waals surface area (Å²) >= 11 is 0. The monoisotopic (exact) mass is 382 g/mol. The Labute approximate surface area is 170 Å². The van der Waals surface area contributed by atoms with Gasteiger partial charge in [0.25, 0.3) is 0 Å². The highest BCUT2D eigenvalue weighted by Crippen LogP contribution is 2.43. The average Bonchev–Trinajstić information content (AvgIpc) is 3.45. The van der Waals surface area contributed by atoms with Crippen LogP contribution >= 0.6 is 0 Å². The fourth-order valence-electron chi connectivity index (χ4n) is 7.10. The number of nitrogens with zero attached hydrogens (tertiary/aromatic N) is 2. The molecule has 0 amide bonds. The van der Waals surface area contributed by atoms with Crippen molar-refractivity contribution < 1.29 is 0 Å². The van der Waals surface area contributed by atoms with Crippen molar-refractivity contribution >= 4 is 6.21 Å². The van der Waals surface area contributed by atoms with Crippen molar-refractivity contribution in [2.24, 2.45) is 28.7 Å². The summed E-state index contributed by atoms with van der Waals surface area (Å²) in [6.07, 6.45) is 14.2. The molecule has 0 saturated carbocycles. The maximum Gasteiger partial charge on any atom is 0.0680 e. The van der Waals surface area contributed by atoms with Crippen LogP contribution in [-0.4, -0.2) is 55.5 Å². The van der Waals surface area contributed by atoms with Crippen molar-refractivity contribution in [1.29, 1.82) is 0 Å². The first kappa shape index (κ1) is 19.0. The van der Waals surface area contributed by atoms with Crippen molar-refractivity contribution in [3.63, 3.8) is 0 Å². The van der Waals surface area contributed by atoms with Crippen LogP contribution in [0.4, 0.5) is 0 Å². The summed E-state index contributed by atoms with van der Waals surface area (Å²) in [5.41, 5.74) is 3.10. The molecule has 0 aromatic heterocycles. The second kappa shape index (κ2) is 8.04. The fourth-order valence-corrected chi connectivity index (χ4v) is 7.10. The number of hydrogen-bond acceptors (Lipinski definition) is 4. The first-order valence-electron chi connectivity index (χ1n) is 11.8. The molecule has 0 spiro atoms. The highest BCUT2D eigenvalue weighted by molar-refractivity contribution is 5.63. The van der Waals surface area contributed by atoms with Gasteiger partial charge < -0.3 is 5.32 Å². The number of aliphatic imine (C=N–C) groups is 1. The quantitative estimate of drug-likeness (QED) is 0.783. The third-order valence-electron chi connectivity index (χ3n) is 8.52. The number of rotatable bonds is 4. The molecule has 2 N–H and O–H groups in total. The summed E-state index contributed by atoms with van der Waals surface area (Å²) < 4.78 is 0. The molecule has 7 atom stereocenters. The average molecular weight is 383 g/mol. The lowest BCUT2D eigenvalue weighted by Crippen LogP contribution is -2.50.